The Morgan fingerprint density at radius 2 is 1.53 bits per heavy atom. The van der Waals surface area contributed by atoms with Crippen molar-refractivity contribution in [2.24, 2.45) is 0 Å². The van der Waals surface area contributed by atoms with Gasteiger partial charge in [-0.05, 0) is 69.0 Å². The van der Waals surface area contributed by atoms with Crippen molar-refractivity contribution in [3.8, 4) is 0 Å². The fourth-order valence-electron chi connectivity index (χ4n) is 4.24. The van der Waals surface area contributed by atoms with Gasteiger partial charge in [0, 0.05) is 41.6 Å². The molecule has 1 heterocycles. The van der Waals surface area contributed by atoms with Crippen LogP contribution in [0.4, 0.5) is 0 Å². The van der Waals surface area contributed by atoms with E-state index in [1.165, 1.54) is 22.3 Å². The van der Waals surface area contributed by atoms with Gasteiger partial charge in [-0.1, -0.05) is 41.4 Å². The number of benzene rings is 2. The number of hydrogen-bond donors (Lipinski definition) is 2. The summed E-state index contributed by atoms with van der Waals surface area (Å²) in [6.07, 6.45) is 0. The first-order valence-corrected chi connectivity index (χ1v) is 10.5. The first-order valence-electron chi connectivity index (χ1n) is 10.1. The molecular formula is C25H29ClN2O2. The molecule has 4 nitrogen and oxygen atoms in total. The summed E-state index contributed by atoms with van der Waals surface area (Å²) in [5.41, 5.74) is 9.10. The van der Waals surface area contributed by atoms with Crippen molar-refractivity contribution in [2.45, 2.75) is 54.3 Å². The molecule has 30 heavy (non-hydrogen) atoms. The van der Waals surface area contributed by atoms with Gasteiger partial charge >= 0.3 is 5.97 Å². The quantitative estimate of drug-likeness (QED) is 0.510. The Bertz CT molecular complexity index is 1060. The predicted molar refractivity (Wildman–Crippen MR) is 123 cm³/mol. The van der Waals surface area contributed by atoms with Crippen LogP contribution >= 0.6 is 11.6 Å². The Morgan fingerprint density at radius 3 is 2.10 bits per heavy atom. The van der Waals surface area contributed by atoms with Crippen molar-refractivity contribution in [3.63, 3.8) is 0 Å². The molecule has 5 heteroatoms. The molecule has 3 aromatic rings. The van der Waals surface area contributed by atoms with Crippen LogP contribution in [0, 0.1) is 34.6 Å². The van der Waals surface area contributed by atoms with Gasteiger partial charge in [0.05, 0.1) is 5.56 Å². The van der Waals surface area contributed by atoms with Gasteiger partial charge in [0.1, 0.15) is 0 Å². The van der Waals surface area contributed by atoms with Crippen LogP contribution < -0.4 is 5.32 Å². The van der Waals surface area contributed by atoms with Crippen LogP contribution in [0.15, 0.2) is 36.4 Å². The predicted octanol–water partition coefficient (Wildman–Crippen LogP) is 5.72. The molecule has 0 aliphatic heterocycles. The van der Waals surface area contributed by atoms with Crippen LogP contribution in [-0.4, -0.2) is 15.6 Å². The minimum Gasteiger partial charge on any atom is -0.478 e. The molecular weight excluding hydrogens is 396 g/mol. The molecule has 2 aromatic carbocycles. The Hall–Kier alpha value is -2.56. The lowest BCUT2D eigenvalue weighted by Gasteiger charge is -2.16. The van der Waals surface area contributed by atoms with Gasteiger partial charge in [0.15, 0.2) is 0 Å². The Balaban J connectivity index is 1.89. The highest BCUT2D eigenvalue weighted by Crippen LogP contribution is 2.26. The minimum absolute atomic E-state index is 0.401. The van der Waals surface area contributed by atoms with Crippen molar-refractivity contribution >= 4 is 17.6 Å². The molecule has 0 fully saturated rings. The lowest BCUT2D eigenvalue weighted by Crippen LogP contribution is -2.15. The minimum atomic E-state index is -0.880. The van der Waals surface area contributed by atoms with Crippen molar-refractivity contribution in [1.82, 2.24) is 9.88 Å². The fraction of sp³-hybridized carbons (Fsp3) is 0.320. The zero-order valence-corrected chi connectivity index (χ0v) is 19.0. The van der Waals surface area contributed by atoms with Gasteiger partial charge in [0.2, 0.25) is 0 Å². The fourth-order valence-corrected chi connectivity index (χ4v) is 4.36. The van der Waals surface area contributed by atoms with Crippen LogP contribution in [0.5, 0.6) is 0 Å². The van der Waals surface area contributed by atoms with E-state index < -0.39 is 5.97 Å². The van der Waals surface area contributed by atoms with Crippen LogP contribution in [-0.2, 0) is 19.6 Å². The molecule has 0 unspecified atom stereocenters. The summed E-state index contributed by atoms with van der Waals surface area (Å²) in [7, 11) is 0. The van der Waals surface area contributed by atoms with E-state index in [1.54, 1.807) is 0 Å². The van der Waals surface area contributed by atoms with Gasteiger partial charge < -0.3 is 15.0 Å². The summed E-state index contributed by atoms with van der Waals surface area (Å²) in [6, 6.07) is 12.0. The maximum Gasteiger partial charge on any atom is 0.337 e. The third-order valence-corrected chi connectivity index (χ3v) is 6.08. The Morgan fingerprint density at radius 1 is 0.933 bits per heavy atom. The Kier molecular flexibility index (Phi) is 6.69. The smallest absolute Gasteiger partial charge is 0.337 e. The molecule has 0 aliphatic carbocycles. The zero-order chi connectivity index (χ0) is 22.0. The van der Waals surface area contributed by atoms with Crippen LogP contribution in [0.25, 0.3) is 0 Å². The van der Waals surface area contributed by atoms with Crippen molar-refractivity contribution in [3.05, 3.63) is 91.8 Å². The summed E-state index contributed by atoms with van der Waals surface area (Å²) in [6.45, 7) is 12.1. The Labute approximate surface area is 183 Å². The molecule has 0 saturated heterocycles. The van der Waals surface area contributed by atoms with E-state index in [2.05, 4.69) is 42.8 Å². The molecule has 0 spiro atoms. The molecule has 0 amide bonds. The van der Waals surface area contributed by atoms with E-state index in [-0.39, 0.29) is 0 Å². The number of aromatic nitrogens is 1. The average Bonchev–Trinajstić information content (AvgIpc) is 2.90. The third-order valence-electron chi connectivity index (χ3n) is 5.82. The maximum atomic E-state index is 12.1. The lowest BCUT2D eigenvalue weighted by molar-refractivity contribution is 0.0694. The molecule has 1 aromatic heterocycles. The van der Waals surface area contributed by atoms with E-state index in [0.29, 0.717) is 30.2 Å². The number of nitrogens with one attached hydrogen (secondary N) is 1. The second-order valence-corrected chi connectivity index (χ2v) is 8.46. The molecule has 3 rings (SSSR count). The standard InChI is InChI=1S/C25H29ClN2O2/c1-15-10-16(2)23(17(3)11-15)14-28-18(4)22(24(19(28)5)25(29)30)13-27-12-20-6-8-21(26)9-7-20/h6-11,27H,12-14H2,1-5H3,(H,29,30). The summed E-state index contributed by atoms with van der Waals surface area (Å²) < 4.78 is 2.13. The normalized spacial score (nSPS) is 11.1. The molecule has 0 radical (unpaired) electrons. The van der Waals surface area contributed by atoms with E-state index in [1.807, 2.05) is 38.1 Å². The number of nitrogens with zero attached hydrogens (tertiary/aromatic N) is 1. The van der Waals surface area contributed by atoms with Crippen LogP contribution in [0.3, 0.4) is 0 Å². The van der Waals surface area contributed by atoms with E-state index in [4.69, 9.17) is 11.6 Å². The summed E-state index contributed by atoms with van der Waals surface area (Å²) in [5, 5.41) is 14.0. The molecule has 0 atom stereocenters. The first-order chi connectivity index (χ1) is 14.2. The van der Waals surface area contributed by atoms with E-state index in [0.717, 1.165) is 22.5 Å². The number of rotatable bonds is 7. The first kappa shape index (κ1) is 22.1. The van der Waals surface area contributed by atoms with E-state index in [9.17, 15) is 9.90 Å². The summed E-state index contributed by atoms with van der Waals surface area (Å²) in [4.78, 5) is 12.1. The molecule has 0 saturated carbocycles. The number of carboxylic acid groups (broad SMARTS) is 1. The monoisotopic (exact) mass is 424 g/mol. The number of aryl methyl sites for hydroxylation is 3. The molecule has 2 N–H and O–H groups in total. The second kappa shape index (κ2) is 9.07. The highest BCUT2D eigenvalue weighted by Gasteiger charge is 2.23. The SMILES string of the molecule is Cc1cc(C)c(Cn2c(C)c(CNCc3ccc(Cl)cc3)c(C(=O)O)c2C)c(C)c1. The highest BCUT2D eigenvalue weighted by molar-refractivity contribution is 6.30. The number of hydrogen-bond acceptors (Lipinski definition) is 2. The second-order valence-electron chi connectivity index (χ2n) is 8.02. The van der Waals surface area contributed by atoms with Crippen molar-refractivity contribution < 1.29 is 9.90 Å². The summed E-state index contributed by atoms with van der Waals surface area (Å²) >= 11 is 5.95. The van der Waals surface area contributed by atoms with Gasteiger partial charge in [-0.25, -0.2) is 4.79 Å². The average molecular weight is 425 g/mol. The topological polar surface area (TPSA) is 54.3 Å². The zero-order valence-electron chi connectivity index (χ0n) is 18.3. The van der Waals surface area contributed by atoms with Gasteiger partial charge in [-0.3, -0.25) is 0 Å². The van der Waals surface area contributed by atoms with Gasteiger partial charge in [0.25, 0.3) is 0 Å². The maximum absolute atomic E-state index is 12.1. The molecule has 158 valence electrons. The third kappa shape index (κ3) is 4.61. The largest absolute Gasteiger partial charge is 0.478 e. The van der Waals surface area contributed by atoms with Gasteiger partial charge in [-0.2, -0.15) is 0 Å². The number of halogens is 1. The van der Waals surface area contributed by atoms with Crippen LogP contribution in [0.1, 0.15) is 55.1 Å². The molecule has 0 bridgehead atoms. The number of aromatic carboxylic acids is 1. The van der Waals surface area contributed by atoms with Crippen LogP contribution in [0.2, 0.25) is 5.02 Å². The number of carboxylic acids is 1. The molecule has 0 aliphatic rings. The van der Waals surface area contributed by atoms with Gasteiger partial charge in [-0.15, -0.1) is 0 Å². The van der Waals surface area contributed by atoms with Crippen molar-refractivity contribution in [1.29, 1.82) is 0 Å². The highest BCUT2D eigenvalue weighted by atomic mass is 35.5. The van der Waals surface area contributed by atoms with Crippen molar-refractivity contribution in [2.75, 3.05) is 0 Å². The lowest BCUT2D eigenvalue weighted by atomic mass is 9.99. The summed E-state index contributed by atoms with van der Waals surface area (Å²) in [5.74, 6) is -0.880. The van der Waals surface area contributed by atoms with E-state index >= 15 is 0 Å². The number of carbonyl (C=O) groups is 1.